The number of aliphatic carboxylic acids is 2. The van der Waals surface area contributed by atoms with Gasteiger partial charge in [0.2, 0.25) is 29.7 Å². The number of carbonyl (C=O) groups is 7. The molecule has 34 heteroatoms. The first kappa shape index (κ1) is 82.9. The molecular formula is C77H90ClFN13O18S+. The van der Waals surface area contributed by atoms with Crippen molar-refractivity contribution in [2.45, 2.75) is 121 Å². The molecule has 0 radical (unpaired) electrons. The van der Waals surface area contributed by atoms with Crippen molar-refractivity contribution in [2.75, 3.05) is 72.4 Å². The summed E-state index contributed by atoms with van der Waals surface area (Å²) >= 11 is 8.57. The minimum Gasteiger partial charge on any atom is -0.496 e. The van der Waals surface area contributed by atoms with Crippen LogP contribution in [0.15, 0.2) is 122 Å². The zero-order chi connectivity index (χ0) is 80.0. The molecule has 2 aliphatic rings. The van der Waals surface area contributed by atoms with Crippen molar-refractivity contribution in [3.8, 4) is 56.1 Å². The molecule has 14 N–H and O–H groups in total. The topological polar surface area (TPSA) is 445 Å². The van der Waals surface area contributed by atoms with Crippen LogP contribution in [-0.2, 0) is 59.6 Å². The number of anilines is 1. The summed E-state index contributed by atoms with van der Waals surface area (Å²) in [5.41, 5.74) is 17.2. The number of nitrogens with zero attached hydrogens (tertiary/aromatic N) is 7. The molecule has 2 aliphatic heterocycles. The summed E-state index contributed by atoms with van der Waals surface area (Å²) in [6.45, 7) is 8.92. The molecule has 2 saturated heterocycles. The normalized spacial score (nSPS) is 18.0. The number of piperazine rings is 1. The summed E-state index contributed by atoms with van der Waals surface area (Å²) in [7, 11) is 5.05. The molecule has 5 heterocycles. The number of aliphatic hydroxyl groups excluding tert-OH is 4. The molecule has 0 unspecified atom stereocenters. The van der Waals surface area contributed by atoms with E-state index in [2.05, 4.69) is 48.2 Å². The smallest absolute Gasteiger partial charge is 0.345 e. The fraction of sp³-hybridized carbons (Fsp3) is 0.390. The number of ether oxygens (including phenoxy) is 5. The Labute approximate surface area is 647 Å². The lowest BCUT2D eigenvalue weighted by atomic mass is 9.96. The summed E-state index contributed by atoms with van der Waals surface area (Å²) in [5, 5.41) is 72.5. The van der Waals surface area contributed by atoms with Crippen LogP contribution in [0, 0.1) is 18.7 Å². The van der Waals surface area contributed by atoms with Crippen LogP contribution in [0.3, 0.4) is 0 Å². The zero-order valence-corrected chi connectivity index (χ0v) is 63.3. The van der Waals surface area contributed by atoms with Gasteiger partial charge in [-0.2, -0.15) is 0 Å². The molecule has 0 spiro atoms. The third-order valence-electron chi connectivity index (χ3n) is 19.4. The van der Waals surface area contributed by atoms with E-state index in [1.54, 1.807) is 93.9 Å². The Balaban J connectivity index is 0.832. The number of urea groups is 1. The Morgan fingerprint density at radius 3 is 2.23 bits per heavy atom. The van der Waals surface area contributed by atoms with Gasteiger partial charge in [0.05, 0.1) is 61.4 Å². The van der Waals surface area contributed by atoms with Crippen molar-refractivity contribution < 1.29 is 96.8 Å². The van der Waals surface area contributed by atoms with Crippen molar-refractivity contribution in [2.24, 2.45) is 17.4 Å². The summed E-state index contributed by atoms with van der Waals surface area (Å²) in [6, 6.07) is 26.0. The highest BCUT2D eigenvalue weighted by atomic mass is 35.5. The summed E-state index contributed by atoms with van der Waals surface area (Å²) in [4.78, 5) is 115. The number of para-hydroxylation sites is 2. The molecule has 6 amide bonds. The predicted molar refractivity (Wildman–Crippen MR) is 406 cm³/mol. The number of methoxy groups -OCH3 is 1. The number of quaternary nitrogens is 1. The van der Waals surface area contributed by atoms with Gasteiger partial charge in [0.1, 0.15) is 84.4 Å². The minimum absolute atomic E-state index is 0.0205. The van der Waals surface area contributed by atoms with Crippen LogP contribution in [0.1, 0.15) is 61.1 Å². The van der Waals surface area contributed by atoms with E-state index in [0.717, 1.165) is 5.56 Å². The van der Waals surface area contributed by atoms with Crippen molar-refractivity contribution >= 4 is 80.4 Å². The summed E-state index contributed by atoms with van der Waals surface area (Å²) < 4.78 is 44.8. The van der Waals surface area contributed by atoms with E-state index >= 15 is 0 Å². The quantitative estimate of drug-likeness (QED) is 0.0183. The number of aromatic nitrogens is 4. The molecule has 111 heavy (non-hydrogen) atoms. The average Bonchev–Trinajstić information content (AvgIpc) is 1.60. The van der Waals surface area contributed by atoms with Gasteiger partial charge in [0.25, 0.3) is 5.91 Å². The number of nitrogens with two attached hydrogens (primary N) is 2. The van der Waals surface area contributed by atoms with E-state index in [-0.39, 0.29) is 63.1 Å². The molecule has 0 aliphatic carbocycles. The highest BCUT2D eigenvalue weighted by Crippen LogP contribution is 2.50. The molecule has 9 atom stereocenters. The van der Waals surface area contributed by atoms with Crippen molar-refractivity contribution in [1.29, 1.82) is 0 Å². The van der Waals surface area contributed by atoms with Gasteiger partial charge in [0, 0.05) is 74.1 Å². The third-order valence-corrected chi connectivity index (χ3v) is 21.0. The highest BCUT2D eigenvalue weighted by molar-refractivity contribution is 7.22. The lowest BCUT2D eigenvalue weighted by Crippen LogP contribution is -2.62. The molecule has 8 aromatic rings. The van der Waals surface area contributed by atoms with Gasteiger partial charge in [-0.25, -0.2) is 38.7 Å². The molecule has 2 fully saturated rings. The lowest BCUT2D eigenvalue weighted by Gasteiger charge is -2.42. The molecule has 31 nitrogen and oxygen atoms in total. The largest absolute Gasteiger partial charge is 0.496 e. The van der Waals surface area contributed by atoms with E-state index in [0.29, 0.717) is 132 Å². The minimum atomic E-state index is -2.11. The van der Waals surface area contributed by atoms with Gasteiger partial charge in [-0.1, -0.05) is 80.0 Å². The number of benzene rings is 5. The number of carbonyl (C=O) groups excluding carboxylic acids is 5. The van der Waals surface area contributed by atoms with Crippen LogP contribution in [0.25, 0.3) is 43.2 Å². The number of likely N-dealkylation sites (N-methyl/N-ethyl adjacent to an activating group) is 1. The number of carboxylic acids is 2. The third kappa shape index (κ3) is 20.9. The van der Waals surface area contributed by atoms with Crippen molar-refractivity contribution in [3.05, 3.63) is 161 Å². The van der Waals surface area contributed by atoms with Crippen LogP contribution in [-0.4, -0.2) is 228 Å². The fourth-order valence-corrected chi connectivity index (χ4v) is 14.3. The molecule has 0 bridgehead atoms. The maximum Gasteiger partial charge on any atom is 0.345 e. The van der Waals surface area contributed by atoms with Gasteiger partial charge >= 0.3 is 18.0 Å². The second-order valence-electron chi connectivity index (χ2n) is 27.8. The van der Waals surface area contributed by atoms with Gasteiger partial charge < -0.3 is 96.4 Å². The number of rotatable bonds is 34. The number of hydrogen-bond donors (Lipinski definition) is 12. The van der Waals surface area contributed by atoms with Crippen molar-refractivity contribution in [1.82, 2.24) is 45.7 Å². The Kier molecular flexibility index (Phi) is 27.9. The van der Waals surface area contributed by atoms with Gasteiger partial charge in [0.15, 0.2) is 18.2 Å². The van der Waals surface area contributed by atoms with E-state index < -0.39 is 109 Å². The van der Waals surface area contributed by atoms with Crippen LogP contribution in [0.5, 0.6) is 23.1 Å². The fourth-order valence-electron chi connectivity index (χ4n) is 12.9. The first-order chi connectivity index (χ1) is 53.0. The van der Waals surface area contributed by atoms with Crippen molar-refractivity contribution in [3.63, 3.8) is 0 Å². The van der Waals surface area contributed by atoms with Crippen LogP contribution in [0.2, 0.25) is 5.02 Å². The molecular weight excluding hydrogens is 1480 g/mol. The Morgan fingerprint density at radius 2 is 1.53 bits per heavy atom. The Morgan fingerprint density at radius 1 is 0.811 bits per heavy atom. The Hall–Kier alpha value is -10.6. The molecule has 590 valence electrons. The van der Waals surface area contributed by atoms with E-state index in [1.807, 2.05) is 37.3 Å². The van der Waals surface area contributed by atoms with E-state index in [1.165, 1.54) is 41.7 Å². The first-order valence-corrected chi connectivity index (χ1v) is 36.9. The highest BCUT2D eigenvalue weighted by Gasteiger charge is 2.47. The number of hydrogen-bond acceptors (Lipinski definition) is 23. The number of halogens is 2. The first-order valence-electron chi connectivity index (χ1n) is 35.7. The van der Waals surface area contributed by atoms with Crippen LogP contribution >= 0.6 is 22.9 Å². The zero-order valence-electron chi connectivity index (χ0n) is 61.8. The molecule has 5 aromatic carbocycles. The standard InChI is InChI=1S/C77H89ClFN13O18S/c1-41(2)62(80)70(98)88-52(14-11-26-83-77(81)105)69(97)87-48-22-19-45(46(34-48)37-90(4)58(93)36-53(74(100)101)89-71(99)66-64(95)63(94)65(96)76(104)110-66)38-92(5)31-28-91(29-32-92)30-33-107-56-24-23-50(42(3)61(56)78)59-60-72(84-40-85-73(60)111-67(59)43-17-20-47(79)21-18-43)109-57(75(102)103)35-44-12-7-9-15-54(44)108-39-49-25-27-82-68(86-49)51-13-8-10-16-55(51)106-6/h7-10,12-13,15-25,27,34,40-41,52-53,57,62-66,76,94-96,104H,11,14,26,28-33,35-39,80H2,1-6H3,(H7-,81,83,87,88,89,97,98,99,100,101,102,103,105)/p+1/t52-,53-,57+,62-,63+,64+,65-,66+,76-/m0/s1. The molecule has 3 aromatic heterocycles. The maximum absolute atomic E-state index is 14.6. The lowest BCUT2D eigenvalue weighted by molar-refractivity contribution is -0.926. The van der Waals surface area contributed by atoms with E-state index in [9.17, 15) is 68.6 Å². The summed E-state index contributed by atoms with van der Waals surface area (Å²) in [6.07, 6.45) is -9.42. The molecule has 10 rings (SSSR count). The van der Waals surface area contributed by atoms with Crippen LogP contribution < -0.4 is 51.7 Å². The Bertz CT molecular complexity index is 4670. The number of amides is 6. The number of aliphatic hydroxyl groups is 4. The summed E-state index contributed by atoms with van der Waals surface area (Å²) in [5.74, 6) is -5.09. The predicted octanol–water partition coefficient (Wildman–Crippen LogP) is 5.16. The number of primary amides is 1. The number of nitrogens with one attached hydrogen (secondary N) is 4. The second kappa shape index (κ2) is 37.4. The number of carboxylic acid groups (broad SMARTS) is 2. The maximum atomic E-state index is 14.6. The van der Waals surface area contributed by atoms with E-state index in [4.69, 9.17) is 51.7 Å². The van der Waals surface area contributed by atoms with Gasteiger partial charge in [-0.15, -0.1) is 11.3 Å². The number of thiophene rings is 1. The monoisotopic (exact) mass is 1570 g/mol. The van der Waals surface area contributed by atoms with Gasteiger partial charge in [-0.3, -0.25) is 24.1 Å². The second-order valence-corrected chi connectivity index (χ2v) is 29.1. The average molecular weight is 1570 g/mol. The number of fused-ring (bicyclic) bond motifs is 1. The van der Waals surface area contributed by atoms with Gasteiger partial charge in [-0.05, 0) is 108 Å². The molecule has 0 saturated carbocycles. The SMILES string of the molecule is COc1ccccc1-c1nccc(COc2ccccc2C[C@@H](Oc2ncnc3sc(-c4ccc(F)cc4)c(-c4ccc(OCCN5CC[N+](C)(Cc6ccc(NC(=O)[C@H](CCCNC(N)=O)NC(=O)[C@@H](N)C(C)C)cc6CN(C)C(=O)C[C@H](NC(=O)[C@@H]6O[C@H](O)[C@@H](O)[C@H](O)[C@H]6O)C(=O)O)CC5)c(Cl)c4C)c23)C(=O)O)n1. The van der Waals surface area contributed by atoms with Crippen LogP contribution in [0.4, 0.5) is 14.9 Å².